The largest absolute Gasteiger partial charge is 0.384 e. The summed E-state index contributed by atoms with van der Waals surface area (Å²) in [6.07, 6.45) is 20.5. The van der Waals surface area contributed by atoms with Crippen LogP contribution in [0, 0.1) is 23.7 Å². The summed E-state index contributed by atoms with van der Waals surface area (Å²) in [6, 6.07) is 0. The molecule has 0 aromatic carbocycles. The minimum atomic E-state index is 0.856. The van der Waals surface area contributed by atoms with Crippen LogP contribution in [-0.4, -0.2) is 13.7 Å². The number of hydrogen-bond donors (Lipinski definition) is 0. The molecule has 0 unspecified atom stereocenters. The van der Waals surface area contributed by atoms with E-state index in [9.17, 15) is 0 Å². The molecule has 1 heteroatoms. The highest BCUT2D eigenvalue weighted by Crippen LogP contribution is 2.42. The number of methoxy groups -OCH3 is 1. The summed E-state index contributed by atoms with van der Waals surface area (Å²) in [7, 11) is 1.85. The van der Waals surface area contributed by atoms with Gasteiger partial charge in [-0.3, -0.25) is 0 Å². The molecule has 0 atom stereocenters. The molecule has 2 saturated carbocycles. The lowest BCUT2D eigenvalue weighted by Crippen LogP contribution is -2.27. The van der Waals surface area contributed by atoms with Gasteiger partial charge in [-0.2, -0.15) is 0 Å². The summed E-state index contributed by atoms with van der Waals surface area (Å²) in [5, 5.41) is 0. The Labute approximate surface area is 132 Å². The summed E-state index contributed by atoms with van der Waals surface area (Å²) in [4.78, 5) is 0. The maximum absolute atomic E-state index is 5.33. The fraction of sp³-hybridized carbons (Fsp3) is 0.900. The van der Waals surface area contributed by atoms with Crippen LogP contribution in [0.2, 0.25) is 0 Å². The maximum Gasteiger partial charge on any atom is 0.0490 e. The molecule has 1 nitrogen and oxygen atoms in total. The molecule has 0 radical (unpaired) electrons. The Kier molecular flexibility index (Phi) is 7.85. The minimum Gasteiger partial charge on any atom is -0.384 e. The van der Waals surface area contributed by atoms with E-state index in [1.165, 1.54) is 70.6 Å². The zero-order valence-corrected chi connectivity index (χ0v) is 14.4. The quantitative estimate of drug-likeness (QED) is 0.413. The monoisotopic (exact) mass is 292 g/mol. The lowest BCUT2D eigenvalue weighted by molar-refractivity contribution is 0.0926. The van der Waals surface area contributed by atoms with Crippen LogP contribution in [0.15, 0.2) is 12.2 Å². The molecule has 0 aromatic heterocycles. The molecule has 0 aliphatic heterocycles. The highest BCUT2D eigenvalue weighted by Gasteiger charge is 2.30. The minimum absolute atomic E-state index is 0.856. The van der Waals surface area contributed by atoms with Crippen LogP contribution in [0.4, 0.5) is 0 Å². The second kappa shape index (κ2) is 9.66. The third kappa shape index (κ3) is 5.77. The van der Waals surface area contributed by atoms with Gasteiger partial charge in [-0.05, 0) is 82.0 Å². The van der Waals surface area contributed by atoms with Crippen molar-refractivity contribution in [3.05, 3.63) is 12.2 Å². The molecular weight excluding hydrogens is 256 g/mol. The lowest BCUT2D eigenvalue weighted by Gasteiger charge is -2.37. The molecule has 2 aliphatic rings. The number of hydrogen-bond acceptors (Lipinski definition) is 1. The normalized spacial score (nSPS) is 34.4. The number of unbranched alkanes of at least 4 members (excludes halogenated alkanes) is 1. The van der Waals surface area contributed by atoms with Crippen molar-refractivity contribution in [1.29, 1.82) is 0 Å². The zero-order valence-electron chi connectivity index (χ0n) is 14.4. The van der Waals surface area contributed by atoms with Gasteiger partial charge < -0.3 is 4.74 Å². The van der Waals surface area contributed by atoms with E-state index >= 15 is 0 Å². The first kappa shape index (κ1) is 17.1. The fourth-order valence-corrected chi connectivity index (χ4v) is 4.70. The van der Waals surface area contributed by atoms with E-state index in [1.54, 1.807) is 0 Å². The van der Waals surface area contributed by atoms with Crippen molar-refractivity contribution in [1.82, 2.24) is 0 Å². The Morgan fingerprint density at radius 2 is 1.43 bits per heavy atom. The summed E-state index contributed by atoms with van der Waals surface area (Å²) < 4.78 is 5.33. The van der Waals surface area contributed by atoms with Crippen molar-refractivity contribution in [2.45, 2.75) is 77.6 Å². The first-order valence-corrected chi connectivity index (χ1v) is 9.43. The predicted octanol–water partition coefficient (Wildman–Crippen LogP) is 5.99. The molecule has 2 fully saturated rings. The van der Waals surface area contributed by atoms with Crippen molar-refractivity contribution < 1.29 is 4.74 Å². The molecule has 0 bridgehead atoms. The smallest absolute Gasteiger partial charge is 0.0490 e. The second-order valence-electron chi connectivity index (χ2n) is 7.52. The van der Waals surface area contributed by atoms with Crippen LogP contribution < -0.4 is 0 Å². The van der Waals surface area contributed by atoms with Crippen LogP contribution in [0.5, 0.6) is 0 Å². The Morgan fingerprint density at radius 3 is 1.95 bits per heavy atom. The SMILES string of the molecule is C/C=C\CCC[C@H]1CC[C@H](C2CCC(COC)CC2)CC1. The molecule has 0 spiro atoms. The van der Waals surface area contributed by atoms with E-state index < -0.39 is 0 Å². The Morgan fingerprint density at radius 1 is 0.857 bits per heavy atom. The van der Waals surface area contributed by atoms with E-state index in [2.05, 4.69) is 19.1 Å². The third-order valence-corrected chi connectivity index (χ3v) is 6.07. The van der Waals surface area contributed by atoms with E-state index in [0.29, 0.717) is 0 Å². The Hall–Kier alpha value is -0.300. The highest BCUT2D eigenvalue weighted by atomic mass is 16.5. The van der Waals surface area contributed by atoms with E-state index in [0.717, 1.165) is 30.3 Å². The van der Waals surface area contributed by atoms with Gasteiger partial charge in [-0.15, -0.1) is 0 Å². The van der Waals surface area contributed by atoms with Crippen LogP contribution in [0.1, 0.15) is 77.6 Å². The third-order valence-electron chi connectivity index (χ3n) is 6.07. The zero-order chi connectivity index (χ0) is 14.9. The number of rotatable bonds is 7. The highest BCUT2D eigenvalue weighted by molar-refractivity contribution is 4.83. The van der Waals surface area contributed by atoms with Gasteiger partial charge in [0.1, 0.15) is 0 Å². The van der Waals surface area contributed by atoms with Crippen molar-refractivity contribution in [2.75, 3.05) is 13.7 Å². The summed E-state index contributed by atoms with van der Waals surface area (Å²) in [6.45, 7) is 3.12. The van der Waals surface area contributed by atoms with Gasteiger partial charge in [-0.25, -0.2) is 0 Å². The fourth-order valence-electron chi connectivity index (χ4n) is 4.70. The molecule has 122 valence electrons. The summed E-state index contributed by atoms with van der Waals surface area (Å²) in [5.74, 6) is 3.99. The summed E-state index contributed by atoms with van der Waals surface area (Å²) in [5.41, 5.74) is 0. The van der Waals surface area contributed by atoms with Crippen molar-refractivity contribution in [2.24, 2.45) is 23.7 Å². The lowest BCUT2D eigenvalue weighted by atomic mass is 9.69. The van der Waals surface area contributed by atoms with E-state index in [1.807, 2.05) is 7.11 Å². The molecule has 0 saturated heterocycles. The van der Waals surface area contributed by atoms with Gasteiger partial charge in [-0.1, -0.05) is 31.4 Å². The molecule has 0 aromatic rings. The van der Waals surface area contributed by atoms with Gasteiger partial charge in [0.2, 0.25) is 0 Å². The molecule has 0 amide bonds. The molecule has 2 rings (SSSR count). The van der Waals surface area contributed by atoms with Crippen molar-refractivity contribution in [3.63, 3.8) is 0 Å². The molecule has 0 N–H and O–H groups in total. The number of allylic oxidation sites excluding steroid dienone is 2. The van der Waals surface area contributed by atoms with Gasteiger partial charge in [0.15, 0.2) is 0 Å². The first-order chi connectivity index (χ1) is 10.3. The van der Waals surface area contributed by atoms with Crippen molar-refractivity contribution >= 4 is 0 Å². The first-order valence-electron chi connectivity index (χ1n) is 9.43. The predicted molar refractivity (Wildman–Crippen MR) is 91.4 cm³/mol. The molecule has 0 heterocycles. The van der Waals surface area contributed by atoms with Gasteiger partial charge in [0, 0.05) is 13.7 Å². The topological polar surface area (TPSA) is 9.23 Å². The van der Waals surface area contributed by atoms with E-state index in [-0.39, 0.29) is 0 Å². The molecular formula is C20H36O. The Balaban J connectivity index is 1.61. The molecule has 21 heavy (non-hydrogen) atoms. The van der Waals surface area contributed by atoms with Crippen LogP contribution in [0.3, 0.4) is 0 Å². The Bertz CT molecular complexity index is 280. The average molecular weight is 293 g/mol. The average Bonchev–Trinajstić information content (AvgIpc) is 2.53. The van der Waals surface area contributed by atoms with Crippen molar-refractivity contribution in [3.8, 4) is 0 Å². The van der Waals surface area contributed by atoms with E-state index in [4.69, 9.17) is 4.74 Å². The van der Waals surface area contributed by atoms with Crippen LogP contribution in [-0.2, 0) is 4.74 Å². The molecule has 2 aliphatic carbocycles. The summed E-state index contributed by atoms with van der Waals surface area (Å²) >= 11 is 0. The van der Waals surface area contributed by atoms with Gasteiger partial charge in [0.25, 0.3) is 0 Å². The number of ether oxygens (including phenoxy) is 1. The standard InChI is InChI=1S/C20H36O/c1-3-4-5-6-7-17-8-12-19(13-9-17)20-14-10-18(11-15-20)16-21-2/h3-4,17-20H,5-16H2,1-2H3/b4-3-/t17-,18?,19-,20?. The van der Waals surface area contributed by atoms with Gasteiger partial charge >= 0.3 is 0 Å². The van der Waals surface area contributed by atoms with Gasteiger partial charge in [0.05, 0.1) is 0 Å². The van der Waals surface area contributed by atoms with Crippen LogP contribution in [0.25, 0.3) is 0 Å². The van der Waals surface area contributed by atoms with Crippen LogP contribution >= 0.6 is 0 Å². The maximum atomic E-state index is 5.33. The second-order valence-corrected chi connectivity index (χ2v) is 7.52.